The highest BCUT2D eigenvalue weighted by Gasteiger charge is 2.24. The van der Waals surface area contributed by atoms with Gasteiger partial charge in [-0.05, 0) is 29.3 Å². The van der Waals surface area contributed by atoms with Gasteiger partial charge in [0.25, 0.3) is 5.69 Å². The molecule has 2 aromatic carbocycles. The van der Waals surface area contributed by atoms with Gasteiger partial charge in [0.2, 0.25) is 5.91 Å². The topological polar surface area (TPSA) is 84.3 Å². The molecule has 0 fully saturated rings. The van der Waals surface area contributed by atoms with Crippen molar-refractivity contribution in [2.75, 3.05) is 11.9 Å². The Balaban J connectivity index is 2.11. The van der Waals surface area contributed by atoms with Gasteiger partial charge in [-0.25, -0.2) is 0 Å². The van der Waals surface area contributed by atoms with Gasteiger partial charge in [0.05, 0.1) is 17.5 Å². The number of nitro benzene ring substituents is 1. The van der Waals surface area contributed by atoms with E-state index in [1.165, 1.54) is 12.1 Å². The average Bonchev–Trinajstić information content (AvgIpc) is 2.65. The first kappa shape index (κ1) is 14.5. The highest BCUT2D eigenvalue weighted by molar-refractivity contribution is 6.30. The van der Waals surface area contributed by atoms with Crippen LogP contribution in [0.1, 0.15) is 17.2 Å². The average molecular weight is 318 g/mol. The van der Waals surface area contributed by atoms with Gasteiger partial charge in [-0.3, -0.25) is 20.2 Å². The SMILES string of the molecule is O=C1CNC(c2cccc([N+](=O)[O-])c2)c2cc(Cl)ccc2N1. The van der Waals surface area contributed by atoms with Crippen molar-refractivity contribution in [1.82, 2.24) is 5.32 Å². The zero-order valence-corrected chi connectivity index (χ0v) is 12.1. The highest BCUT2D eigenvalue weighted by atomic mass is 35.5. The van der Waals surface area contributed by atoms with Gasteiger partial charge in [-0.15, -0.1) is 0 Å². The molecular weight excluding hydrogens is 306 g/mol. The zero-order valence-electron chi connectivity index (χ0n) is 11.4. The summed E-state index contributed by atoms with van der Waals surface area (Å²) in [4.78, 5) is 22.3. The molecule has 7 heteroatoms. The first-order chi connectivity index (χ1) is 10.5. The number of hydrogen-bond donors (Lipinski definition) is 2. The molecule has 0 spiro atoms. The van der Waals surface area contributed by atoms with Crippen molar-refractivity contribution < 1.29 is 9.72 Å². The maximum Gasteiger partial charge on any atom is 0.269 e. The number of carbonyl (C=O) groups is 1. The fourth-order valence-corrected chi connectivity index (χ4v) is 2.68. The quantitative estimate of drug-likeness (QED) is 0.659. The predicted octanol–water partition coefficient (Wildman–Crippen LogP) is 2.88. The van der Waals surface area contributed by atoms with Crippen LogP contribution < -0.4 is 10.6 Å². The molecule has 0 aromatic heterocycles. The van der Waals surface area contributed by atoms with Gasteiger partial charge in [0.15, 0.2) is 0 Å². The summed E-state index contributed by atoms with van der Waals surface area (Å²) in [5.74, 6) is -0.170. The lowest BCUT2D eigenvalue weighted by molar-refractivity contribution is -0.384. The molecule has 2 aromatic rings. The van der Waals surface area contributed by atoms with E-state index < -0.39 is 4.92 Å². The molecule has 1 atom stereocenters. The van der Waals surface area contributed by atoms with Crippen molar-refractivity contribution in [3.8, 4) is 0 Å². The molecular formula is C15H12ClN3O3. The summed E-state index contributed by atoms with van der Waals surface area (Å²) in [5.41, 5.74) is 2.13. The Bertz CT molecular complexity index is 763. The summed E-state index contributed by atoms with van der Waals surface area (Å²) in [6, 6.07) is 11.2. The summed E-state index contributed by atoms with van der Waals surface area (Å²) >= 11 is 6.05. The third-order valence-electron chi connectivity index (χ3n) is 3.48. The fourth-order valence-electron chi connectivity index (χ4n) is 2.50. The van der Waals surface area contributed by atoms with Gasteiger partial charge in [-0.1, -0.05) is 23.7 Å². The Morgan fingerprint density at radius 3 is 2.82 bits per heavy atom. The monoisotopic (exact) mass is 317 g/mol. The summed E-state index contributed by atoms with van der Waals surface area (Å²) < 4.78 is 0. The van der Waals surface area contributed by atoms with Gasteiger partial charge in [-0.2, -0.15) is 0 Å². The number of non-ortho nitro benzene ring substituents is 1. The summed E-state index contributed by atoms with van der Waals surface area (Å²) in [6.45, 7) is 0.111. The van der Waals surface area contributed by atoms with Crippen LogP contribution in [-0.2, 0) is 4.79 Å². The van der Waals surface area contributed by atoms with Crippen LogP contribution in [-0.4, -0.2) is 17.4 Å². The molecule has 1 heterocycles. The number of nitrogens with one attached hydrogen (secondary N) is 2. The summed E-state index contributed by atoms with van der Waals surface area (Å²) in [5, 5.41) is 17.4. The molecule has 6 nitrogen and oxygen atoms in total. The molecule has 0 saturated carbocycles. The summed E-state index contributed by atoms with van der Waals surface area (Å²) in [7, 11) is 0. The van der Waals surface area contributed by atoms with Crippen molar-refractivity contribution in [3.05, 3.63) is 68.7 Å². The van der Waals surface area contributed by atoms with Crippen LogP contribution in [0.4, 0.5) is 11.4 Å². The minimum Gasteiger partial charge on any atom is -0.325 e. The molecule has 1 unspecified atom stereocenters. The van der Waals surface area contributed by atoms with Crippen LogP contribution in [0.15, 0.2) is 42.5 Å². The maximum absolute atomic E-state index is 11.8. The van der Waals surface area contributed by atoms with Crippen molar-refractivity contribution >= 4 is 28.9 Å². The number of carbonyl (C=O) groups excluding carboxylic acids is 1. The third kappa shape index (κ3) is 2.79. The first-order valence-electron chi connectivity index (χ1n) is 6.61. The van der Waals surface area contributed by atoms with Crippen molar-refractivity contribution in [1.29, 1.82) is 0 Å². The van der Waals surface area contributed by atoms with E-state index in [2.05, 4.69) is 10.6 Å². The number of nitrogens with zero attached hydrogens (tertiary/aromatic N) is 1. The molecule has 2 N–H and O–H groups in total. The zero-order chi connectivity index (χ0) is 15.7. The smallest absolute Gasteiger partial charge is 0.269 e. The van der Waals surface area contributed by atoms with Crippen LogP contribution in [0.25, 0.3) is 0 Å². The first-order valence-corrected chi connectivity index (χ1v) is 6.99. The van der Waals surface area contributed by atoms with Crippen LogP contribution in [0, 0.1) is 10.1 Å². The molecule has 3 rings (SSSR count). The number of fused-ring (bicyclic) bond motifs is 1. The fraction of sp³-hybridized carbons (Fsp3) is 0.133. The molecule has 0 aliphatic carbocycles. The number of amides is 1. The van der Waals surface area contributed by atoms with E-state index in [9.17, 15) is 14.9 Å². The van der Waals surface area contributed by atoms with E-state index in [4.69, 9.17) is 11.6 Å². The molecule has 0 bridgehead atoms. The second kappa shape index (κ2) is 5.75. The number of anilines is 1. The Morgan fingerprint density at radius 1 is 1.23 bits per heavy atom. The number of rotatable bonds is 2. The second-order valence-corrected chi connectivity index (χ2v) is 5.38. The van der Waals surface area contributed by atoms with E-state index in [1.54, 1.807) is 30.3 Å². The lowest BCUT2D eigenvalue weighted by Gasteiger charge is -2.18. The van der Waals surface area contributed by atoms with E-state index in [0.29, 0.717) is 16.3 Å². The molecule has 1 aliphatic heterocycles. The number of hydrogen-bond acceptors (Lipinski definition) is 4. The molecule has 0 saturated heterocycles. The molecule has 112 valence electrons. The van der Waals surface area contributed by atoms with Crippen molar-refractivity contribution in [2.45, 2.75) is 6.04 Å². The van der Waals surface area contributed by atoms with E-state index in [0.717, 1.165) is 5.56 Å². The largest absolute Gasteiger partial charge is 0.325 e. The number of nitro groups is 1. The Labute approximate surface area is 131 Å². The van der Waals surface area contributed by atoms with Crippen LogP contribution in [0.5, 0.6) is 0 Å². The van der Waals surface area contributed by atoms with Crippen LogP contribution in [0.2, 0.25) is 5.02 Å². The second-order valence-electron chi connectivity index (χ2n) is 4.95. The lowest BCUT2D eigenvalue weighted by atomic mass is 9.97. The van der Waals surface area contributed by atoms with Crippen LogP contribution >= 0.6 is 11.6 Å². The predicted molar refractivity (Wildman–Crippen MR) is 83.0 cm³/mol. The molecule has 22 heavy (non-hydrogen) atoms. The van der Waals surface area contributed by atoms with E-state index >= 15 is 0 Å². The van der Waals surface area contributed by atoms with Gasteiger partial charge in [0.1, 0.15) is 0 Å². The van der Waals surface area contributed by atoms with E-state index in [1.807, 2.05) is 0 Å². The maximum atomic E-state index is 11.8. The third-order valence-corrected chi connectivity index (χ3v) is 3.71. The van der Waals surface area contributed by atoms with Crippen molar-refractivity contribution in [2.24, 2.45) is 0 Å². The normalized spacial score (nSPS) is 17.3. The molecule has 0 radical (unpaired) electrons. The molecule has 1 amide bonds. The van der Waals surface area contributed by atoms with Crippen LogP contribution in [0.3, 0.4) is 0 Å². The van der Waals surface area contributed by atoms with Gasteiger partial charge < -0.3 is 5.32 Å². The van der Waals surface area contributed by atoms with Gasteiger partial charge in [0, 0.05) is 22.8 Å². The van der Waals surface area contributed by atoms with E-state index in [-0.39, 0.29) is 24.2 Å². The standard InChI is InChI=1S/C15H12ClN3O3/c16-10-4-5-13-12(7-10)15(17-8-14(20)18-13)9-2-1-3-11(6-9)19(21)22/h1-7,15,17H,8H2,(H,18,20). The number of benzene rings is 2. The van der Waals surface area contributed by atoms with Gasteiger partial charge >= 0.3 is 0 Å². The Hall–Kier alpha value is -2.44. The number of halogens is 1. The van der Waals surface area contributed by atoms with Crippen molar-refractivity contribution in [3.63, 3.8) is 0 Å². The highest BCUT2D eigenvalue weighted by Crippen LogP contribution is 2.33. The summed E-state index contributed by atoms with van der Waals surface area (Å²) in [6.07, 6.45) is 0. The minimum atomic E-state index is -0.442. The Morgan fingerprint density at radius 2 is 2.05 bits per heavy atom. The Kier molecular flexibility index (Phi) is 3.79. The lowest BCUT2D eigenvalue weighted by Crippen LogP contribution is -2.27. The minimum absolute atomic E-state index is 0.00594. The molecule has 1 aliphatic rings.